The van der Waals surface area contributed by atoms with Crippen LogP contribution in [0.15, 0.2) is 47.2 Å². The normalized spacial score (nSPS) is 12.1. The summed E-state index contributed by atoms with van der Waals surface area (Å²) in [6.45, 7) is 1.80. The van der Waals surface area contributed by atoms with Gasteiger partial charge in [-0.2, -0.15) is 4.98 Å². The minimum atomic E-state index is -0.443. The van der Waals surface area contributed by atoms with Crippen molar-refractivity contribution in [1.29, 1.82) is 0 Å². The second-order valence-corrected chi connectivity index (χ2v) is 5.37. The molecule has 0 spiro atoms. The monoisotopic (exact) mass is 335 g/mol. The van der Waals surface area contributed by atoms with Crippen molar-refractivity contribution in [2.45, 2.75) is 13.0 Å². The van der Waals surface area contributed by atoms with Gasteiger partial charge in [0.2, 0.25) is 5.82 Å². The first-order valence-electron chi connectivity index (χ1n) is 6.49. The zero-order chi connectivity index (χ0) is 15.5. The van der Waals surface area contributed by atoms with E-state index in [-0.39, 0.29) is 0 Å². The zero-order valence-electron chi connectivity index (χ0n) is 11.5. The lowest BCUT2D eigenvalue weighted by Gasteiger charge is -2.12. The van der Waals surface area contributed by atoms with E-state index in [1.165, 1.54) is 0 Å². The summed E-state index contributed by atoms with van der Waals surface area (Å²) < 4.78 is 11.0. The summed E-state index contributed by atoms with van der Waals surface area (Å²) >= 11 is 11.9. The van der Waals surface area contributed by atoms with Crippen LogP contribution in [-0.2, 0) is 0 Å². The van der Waals surface area contributed by atoms with E-state index in [1.54, 1.807) is 49.6 Å². The van der Waals surface area contributed by atoms with E-state index < -0.39 is 6.10 Å². The molecule has 0 N–H and O–H groups in total. The lowest BCUT2D eigenvalue weighted by Crippen LogP contribution is -2.03. The number of aromatic nitrogens is 3. The number of nitrogens with zero attached hydrogens (tertiary/aromatic N) is 3. The van der Waals surface area contributed by atoms with Crippen molar-refractivity contribution >= 4 is 23.2 Å². The van der Waals surface area contributed by atoms with Crippen molar-refractivity contribution in [1.82, 2.24) is 15.1 Å². The Kier molecular flexibility index (Phi) is 4.27. The van der Waals surface area contributed by atoms with Gasteiger partial charge in [0.25, 0.3) is 5.89 Å². The van der Waals surface area contributed by atoms with Crippen LogP contribution < -0.4 is 4.74 Å². The Morgan fingerprint density at radius 2 is 1.91 bits per heavy atom. The first kappa shape index (κ1) is 14.8. The van der Waals surface area contributed by atoms with Gasteiger partial charge >= 0.3 is 0 Å². The van der Waals surface area contributed by atoms with Gasteiger partial charge in [0.15, 0.2) is 6.10 Å². The molecule has 0 radical (unpaired) electrons. The van der Waals surface area contributed by atoms with Gasteiger partial charge in [-0.25, -0.2) is 0 Å². The fourth-order valence-corrected chi connectivity index (χ4v) is 2.28. The molecule has 22 heavy (non-hydrogen) atoms. The fraction of sp³-hybridized carbons (Fsp3) is 0.133. The molecule has 0 saturated heterocycles. The minimum absolute atomic E-state index is 0.359. The van der Waals surface area contributed by atoms with Gasteiger partial charge in [0.05, 0.1) is 5.02 Å². The standard InChI is InChI=1S/C15H11Cl2N3O2/c1-9(21-13-3-2-11(16)8-12(13)17)15-19-14(20-22-15)10-4-6-18-7-5-10/h2-9H,1H3/t9-/m1/s1. The van der Waals surface area contributed by atoms with Crippen LogP contribution in [0.25, 0.3) is 11.4 Å². The van der Waals surface area contributed by atoms with E-state index >= 15 is 0 Å². The van der Waals surface area contributed by atoms with Crippen LogP contribution in [0.1, 0.15) is 18.9 Å². The SMILES string of the molecule is C[C@@H](Oc1ccc(Cl)cc1Cl)c1nc(-c2ccncc2)no1. The highest BCUT2D eigenvalue weighted by molar-refractivity contribution is 6.35. The maximum atomic E-state index is 6.08. The molecule has 1 atom stereocenters. The van der Waals surface area contributed by atoms with Crippen molar-refractivity contribution in [2.75, 3.05) is 0 Å². The fourth-order valence-electron chi connectivity index (χ4n) is 1.83. The molecule has 0 unspecified atom stereocenters. The average molecular weight is 336 g/mol. The number of ether oxygens (including phenoxy) is 1. The van der Waals surface area contributed by atoms with Crippen LogP contribution in [0.3, 0.4) is 0 Å². The molecule has 5 nitrogen and oxygen atoms in total. The second kappa shape index (κ2) is 6.34. The lowest BCUT2D eigenvalue weighted by atomic mass is 10.2. The van der Waals surface area contributed by atoms with Crippen LogP contribution >= 0.6 is 23.2 Å². The molecule has 0 saturated carbocycles. The first-order chi connectivity index (χ1) is 10.6. The molecular formula is C15H11Cl2N3O2. The molecule has 0 fully saturated rings. The first-order valence-corrected chi connectivity index (χ1v) is 7.25. The largest absolute Gasteiger partial charge is 0.479 e. The molecule has 7 heteroatoms. The molecule has 2 heterocycles. The summed E-state index contributed by atoms with van der Waals surface area (Å²) in [4.78, 5) is 8.27. The highest BCUT2D eigenvalue weighted by Crippen LogP contribution is 2.31. The van der Waals surface area contributed by atoms with Crippen LogP contribution in [0, 0.1) is 0 Å². The maximum absolute atomic E-state index is 6.08. The Morgan fingerprint density at radius 3 is 2.64 bits per heavy atom. The second-order valence-electron chi connectivity index (χ2n) is 4.53. The summed E-state index contributed by atoms with van der Waals surface area (Å²) in [7, 11) is 0. The summed E-state index contributed by atoms with van der Waals surface area (Å²) in [5, 5.41) is 4.91. The molecule has 2 aromatic heterocycles. The number of hydrogen-bond acceptors (Lipinski definition) is 5. The van der Waals surface area contributed by atoms with E-state index in [1.807, 2.05) is 0 Å². The van der Waals surface area contributed by atoms with Gasteiger partial charge in [0, 0.05) is 23.0 Å². The Balaban J connectivity index is 1.78. The summed E-state index contributed by atoms with van der Waals surface area (Å²) in [6, 6.07) is 8.61. The molecule has 3 aromatic rings. The molecule has 0 bridgehead atoms. The van der Waals surface area contributed by atoms with E-state index in [2.05, 4.69) is 15.1 Å². The molecule has 0 aliphatic carbocycles. The third kappa shape index (κ3) is 3.21. The molecular weight excluding hydrogens is 325 g/mol. The molecule has 0 aliphatic heterocycles. The van der Waals surface area contributed by atoms with Crippen molar-refractivity contribution in [2.24, 2.45) is 0 Å². The highest BCUT2D eigenvalue weighted by atomic mass is 35.5. The van der Waals surface area contributed by atoms with Gasteiger partial charge in [-0.1, -0.05) is 28.4 Å². The molecule has 0 amide bonds. The number of hydrogen-bond donors (Lipinski definition) is 0. The van der Waals surface area contributed by atoms with E-state index in [0.29, 0.717) is 27.5 Å². The number of pyridine rings is 1. The quantitative estimate of drug-likeness (QED) is 0.698. The third-order valence-electron chi connectivity index (χ3n) is 2.93. The van der Waals surface area contributed by atoms with Crippen molar-refractivity contribution < 1.29 is 9.26 Å². The van der Waals surface area contributed by atoms with Gasteiger partial charge in [-0.3, -0.25) is 4.98 Å². The third-order valence-corrected chi connectivity index (χ3v) is 3.46. The topological polar surface area (TPSA) is 61.0 Å². The zero-order valence-corrected chi connectivity index (χ0v) is 13.0. The number of rotatable bonds is 4. The van der Waals surface area contributed by atoms with Gasteiger partial charge in [-0.15, -0.1) is 0 Å². The van der Waals surface area contributed by atoms with Gasteiger partial charge in [-0.05, 0) is 37.3 Å². The maximum Gasteiger partial charge on any atom is 0.267 e. The lowest BCUT2D eigenvalue weighted by molar-refractivity contribution is 0.176. The number of halogens is 2. The number of benzene rings is 1. The molecule has 1 aromatic carbocycles. The minimum Gasteiger partial charge on any atom is -0.479 e. The summed E-state index contributed by atoms with van der Waals surface area (Å²) in [6.07, 6.45) is 2.89. The smallest absolute Gasteiger partial charge is 0.267 e. The molecule has 3 rings (SSSR count). The van der Waals surface area contributed by atoms with Gasteiger partial charge < -0.3 is 9.26 Å². The Labute approximate surface area is 136 Å². The van der Waals surface area contributed by atoms with Crippen molar-refractivity contribution in [3.8, 4) is 17.1 Å². The van der Waals surface area contributed by atoms with Crippen LogP contribution in [0.4, 0.5) is 0 Å². The summed E-state index contributed by atoms with van der Waals surface area (Å²) in [5.41, 5.74) is 0.821. The Hall–Kier alpha value is -2.11. The van der Waals surface area contributed by atoms with Crippen LogP contribution in [0.2, 0.25) is 10.0 Å². The van der Waals surface area contributed by atoms with Crippen LogP contribution in [-0.4, -0.2) is 15.1 Å². The van der Waals surface area contributed by atoms with Crippen molar-refractivity contribution in [3.63, 3.8) is 0 Å². The Morgan fingerprint density at radius 1 is 1.14 bits per heavy atom. The molecule has 0 aliphatic rings. The predicted molar refractivity (Wildman–Crippen MR) is 83.0 cm³/mol. The predicted octanol–water partition coefficient (Wildman–Crippen LogP) is 4.58. The van der Waals surface area contributed by atoms with Gasteiger partial charge in [0.1, 0.15) is 5.75 Å². The van der Waals surface area contributed by atoms with E-state index in [9.17, 15) is 0 Å². The molecule has 112 valence electrons. The summed E-state index contributed by atoms with van der Waals surface area (Å²) in [5.74, 6) is 1.34. The van der Waals surface area contributed by atoms with Crippen LogP contribution in [0.5, 0.6) is 5.75 Å². The highest BCUT2D eigenvalue weighted by Gasteiger charge is 2.18. The van der Waals surface area contributed by atoms with E-state index in [4.69, 9.17) is 32.5 Å². The average Bonchev–Trinajstić information content (AvgIpc) is 3.01. The van der Waals surface area contributed by atoms with E-state index in [0.717, 1.165) is 5.56 Å². The Bertz CT molecular complexity index is 777. The van der Waals surface area contributed by atoms with Crippen molar-refractivity contribution in [3.05, 3.63) is 58.7 Å².